The minimum absolute atomic E-state index is 0. The molecular formula is C17H32ClN3O2. The molecule has 2 fully saturated rings. The van der Waals surface area contributed by atoms with Gasteiger partial charge in [-0.1, -0.05) is 20.8 Å². The van der Waals surface area contributed by atoms with Crippen molar-refractivity contribution in [3.8, 4) is 0 Å². The first-order chi connectivity index (χ1) is 10.3. The van der Waals surface area contributed by atoms with Crippen LogP contribution in [-0.2, 0) is 9.59 Å². The van der Waals surface area contributed by atoms with Crippen LogP contribution in [0.3, 0.4) is 0 Å². The Morgan fingerprint density at radius 2 is 1.65 bits per heavy atom. The Morgan fingerprint density at radius 1 is 1.04 bits per heavy atom. The molecule has 1 atom stereocenters. The number of halogens is 1. The monoisotopic (exact) mass is 345 g/mol. The Hall–Kier alpha value is -0.810. The van der Waals surface area contributed by atoms with E-state index in [1.165, 1.54) is 0 Å². The van der Waals surface area contributed by atoms with Crippen molar-refractivity contribution in [3.05, 3.63) is 0 Å². The second-order valence-electron chi connectivity index (χ2n) is 7.84. The molecule has 0 spiro atoms. The molecular weight excluding hydrogens is 314 g/mol. The van der Waals surface area contributed by atoms with Crippen LogP contribution in [0.4, 0.5) is 0 Å². The Kier molecular flexibility index (Phi) is 7.33. The SMILES string of the molecule is CC(C)(C)C(=O)N1CCCC(C(=O)N2CCC(CN)CC2)C1.Cl. The zero-order chi connectivity index (χ0) is 16.3. The van der Waals surface area contributed by atoms with Crippen molar-refractivity contribution in [2.75, 3.05) is 32.7 Å². The van der Waals surface area contributed by atoms with Gasteiger partial charge < -0.3 is 15.5 Å². The molecule has 2 aliphatic heterocycles. The zero-order valence-electron chi connectivity index (χ0n) is 14.7. The quantitative estimate of drug-likeness (QED) is 0.831. The van der Waals surface area contributed by atoms with Crippen molar-refractivity contribution < 1.29 is 9.59 Å². The number of carbonyl (C=O) groups excluding carboxylic acids is 2. The molecule has 2 amide bonds. The van der Waals surface area contributed by atoms with Crippen molar-refractivity contribution in [1.82, 2.24) is 9.80 Å². The molecule has 2 saturated heterocycles. The summed E-state index contributed by atoms with van der Waals surface area (Å²) in [7, 11) is 0. The lowest BCUT2D eigenvalue weighted by atomic mass is 9.90. The molecule has 2 rings (SSSR count). The first kappa shape index (κ1) is 20.2. The van der Waals surface area contributed by atoms with E-state index in [4.69, 9.17) is 5.73 Å². The van der Waals surface area contributed by atoms with Gasteiger partial charge in [0.15, 0.2) is 0 Å². The Labute approximate surface area is 146 Å². The van der Waals surface area contributed by atoms with Gasteiger partial charge in [-0.25, -0.2) is 0 Å². The predicted octanol–water partition coefficient (Wildman–Crippen LogP) is 1.89. The number of hydrogen-bond donors (Lipinski definition) is 1. The van der Waals surface area contributed by atoms with E-state index in [1.54, 1.807) is 0 Å². The summed E-state index contributed by atoms with van der Waals surface area (Å²) in [6.45, 7) is 9.57. The number of piperidine rings is 2. The third-order valence-electron chi connectivity index (χ3n) is 4.96. The van der Waals surface area contributed by atoms with Crippen LogP contribution in [0.2, 0.25) is 0 Å². The first-order valence-corrected chi connectivity index (χ1v) is 8.61. The molecule has 0 aromatic carbocycles. The number of rotatable bonds is 2. The molecule has 5 nitrogen and oxygen atoms in total. The summed E-state index contributed by atoms with van der Waals surface area (Å²) >= 11 is 0. The van der Waals surface area contributed by atoms with Crippen molar-refractivity contribution in [2.24, 2.45) is 23.0 Å². The molecule has 2 aliphatic rings. The van der Waals surface area contributed by atoms with Crippen molar-refractivity contribution >= 4 is 24.2 Å². The highest BCUT2D eigenvalue weighted by Gasteiger charge is 2.35. The summed E-state index contributed by atoms with van der Waals surface area (Å²) in [5.74, 6) is 0.942. The molecule has 6 heteroatoms. The number of nitrogens with two attached hydrogens (primary N) is 1. The first-order valence-electron chi connectivity index (χ1n) is 8.61. The Balaban J connectivity index is 0.00000264. The van der Waals surface area contributed by atoms with E-state index in [0.717, 1.165) is 51.9 Å². The van der Waals surface area contributed by atoms with E-state index < -0.39 is 0 Å². The summed E-state index contributed by atoms with van der Waals surface area (Å²) in [5.41, 5.74) is 5.34. The molecule has 0 aromatic heterocycles. The molecule has 0 aliphatic carbocycles. The summed E-state index contributed by atoms with van der Waals surface area (Å²) in [4.78, 5) is 29.0. The van der Waals surface area contributed by atoms with Crippen LogP contribution in [0.25, 0.3) is 0 Å². The predicted molar refractivity (Wildman–Crippen MR) is 94.4 cm³/mol. The third-order valence-corrected chi connectivity index (χ3v) is 4.96. The smallest absolute Gasteiger partial charge is 0.227 e. The van der Waals surface area contributed by atoms with Gasteiger partial charge in [0, 0.05) is 31.6 Å². The van der Waals surface area contributed by atoms with E-state index in [9.17, 15) is 9.59 Å². The number of likely N-dealkylation sites (tertiary alicyclic amines) is 2. The minimum atomic E-state index is -0.371. The van der Waals surface area contributed by atoms with Crippen molar-refractivity contribution in [2.45, 2.75) is 46.5 Å². The average molecular weight is 346 g/mol. The molecule has 1 unspecified atom stereocenters. The molecule has 134 valence electrons. The Morgan fingerprint density at radius 3 is 2.17 bits per heavy atom. The largest absolute Gasteiger partial charge is 0.342 e. The molecule has 2 heterocycles. The standard InChI is InChI=1S/C17H31N3O2.ClH/c1-17(2,3)16(22)20-8-4-5-14(12-20)15(21)19-9-6-13(11-18)7-10-19;/h13-14H,4-12,18H2,1-3H3;1H. The van der Waals surface area contributed by atoms with Crippen LogP contribution in [0.5, 0.6) is 0 Å². The number of nitrogens with zero attached hydrogens (tertiary/aromatic N) is 2. The number of amides is 2. The van der Waals surface area contributed by atoms with E-state index in [-0.39, 0.29) is 35.6 Å². The van der Waals surface area contributed by atoms with Gasteiger partial charge in [-0.2, -0.15) is 0 Å². The molecule has 2 N–H and O–H groups in total. The maximum Gasteiger partial charge on any atom is 0.227 e. The van der Waals surface area contributed by atoms with Crippen molar-refractivity contribution in [3.63, 3.8) is 0 Å². The van der Waals surface area contributed by atoms with Crippen molar-refractivity contribution in [1.29, 1.82) is 0 Å². The lowest BCUT2D eigenvalue weighted by Gasteiger charge is -2.39. The Bertz CT molecular complexity index is 415. The van der Waals surface area contributed by atoms with Gasteiger partial charge in [0.1, 0.15) is 0 Å². The van der Waals surface area contributed by atoms with Crippen LogP contribution in [0, 0.1) is 17.3 Å². The van der Waals surface area contributed by atoms with E-state index >= 15 is 0 Å². The second kappa shape index (κ2) is 8.34. The van der Waals surface area contributed by atoms with E-state index in [1.807, 2.05) is 30.6 Å². The summed E-state index contributed by atoms with van der Waals surface area (Å²) < 4.78 is 0. The lowest BCUT2D eigenvalue weighted by molar-refractivity contribution is -0.145. The summed E-state index contributed by atoms with van der Waals surface area (Å²) in [5, 5.41) is 0. The maximum atomic E-state index is 12.7. The van der Waals surface area contributed by atoms with Gasteiger partial charge >= 0.3 is 0 Å². The fraction of sp³-hybridized carbons (Fsp3) is 0.882. The fourth-order valence-corrected chi connectivity index (χ4v) is 3.48. The van der Waals surface area contributed by atoms with E-state index in [0.29, 0.717) is 12.5 Å². The fourth-order valence-electron chi connectivity index (χ4n) is 3.48. The lowest BCUT2D eigenvalue weighted by Crippen LogP contribution is -2.50. The van der Waals surface area contributed by atoms with Crippen LogP contribution >= 0.6 is 12.4 Å². The van der Waals surface area contributed by atoms with Crippen LogP contribution < -0.4 is 5.73 Å². The number of hydrogen-bond acceptors (Lipinski definition) is 3. The summed E-state index contributed by atoms with van der Waals surface area (Å²) in [6.07, 6.45) is 3.86. The highest BCUT2D eigenvalue weighted by Crippen LogP contribution is 2.26. The molecule has 23 heavy (non-hydrogen) atoms. The number of carbonyl (C=O) groups is 2. The van der Waals surface area contributed by atoms with Gasteiger partial charge in [0.2, 0.25) is 11.8 Å². The van der Waals surface area contributed by atoms with Crippen LogP contribution in [0.1, 0.15) is 46.5 Å². The normalized spacial score (nSPS) is 23.4. The van der Waals surface area contributed by atoms with Gasteiger partial charge in [0.05, 0.1) is 5.92 Å². The van der Waals surface area contributed by atoms with Gasteiger partial charge in [-0.3, -0.25) is 9.59 Å². The highest BCUT2D eigenvalue weighted by molar-refractivity contribution is 5.85. The van der Waals surface area contributed by atoms with Gasteiger partial charge in [-0.05, 0) is 38.1 Å². The highest BCUT2D eigenvalue weighted by atomic mass is 35.5. The third kappa shape index (κ3) is 5.08. The maximum absolute atomic E-state index is 12.7. The van der Waals surface area contributed by atoms with Gasteiger partial charge in [-0.15, -0.1) is 12.4 Å². The van der Waals surface area contributed by atoms with Gasteiger partial charge in [0.25, 0.3) is 0 Å². The second-order valence-corrected chi connectivity index (χ2v) is 7.84. The zero-order valence-corrected chi connectivity index (χ0v) is 15.5. The molecule has 0 bridgehead atoms. The topological polar surface area (TPSA) is 66.6 Å². The summed E-state index contributed by atoms with van der Waals surface area (Å²) in [6, 6.07) is 0. The molecule has 0 radical (unpaired) electrons. The molecule has 0 saturated carbocycles. The van der Waals surface area contributed by atoms with Crippen LogP contribution in [0.15, 0.2) is 0 Å². The van der Waals surface area contributed by atoms with Crippen LogP contribution in [-0.4, -0.2) is 54.3 Å². The minimum Gasteiger partial charge on any atom is -0.342 e. The van der Waals surface area contributed by atoms with E-state index in [2.05, 4.69) is 0 Å². The molecule has 0 aromatic rings. The average Bonchev–Trinajstić information content (AvgIpc) is 2.52.